The summed E-state index contributed by atoms with van der Waals surface area (Å²) in [5.74, 6) is -2.63. The first-order valence-corrected chi connectivity index (χ1v) is 15.4. The highest BCUT2D eigenvalue weighted by molar-refractivity contribution is 5.93. The molecule has 1 heterocycles. The van der Waals surface area contributed by atoms with E-state index in [9.17, 15) is 24.3 Å². The summed E-state index contributed by atoms with van der Waals surface area (Å²) < 4.78 is 0. The molecule has 48 heavy (non-hydrogen) atoms. The summed E-state index contributed by atoms with van der Waals surface area (Å²) in [5.41, 5.74) is 14.4. The van der Waals surface area contributed by atoms with Crippen LogP contribution in [0.15, 0.2) is 101 Å². The summed E-state index contributed by atoms with van der Waals surface area (Å²) in [4.78, 5) is 64.1. The van der Waals surface area contributed by atoms with E-state index in [-0.39, 0.29) is 36.9 Å². The molecule has 2 amide bonds. The second kappa shape index (κ2) is 17.1. The zero-order valence-electron chi connectivity index (χ0n) is 26.6. The summed E-state index contributed by atoms with van der Waals surface area (Å²) in [6, 6.07) is 25.0. The SMILES string of the molecule is Cc1cnc(NCc2ccc(CN(C(=O)C(c3ccccc3)c3ccccc3)[C@H](CCCN=C(N)N)C(=O)NCC(=O)O)cc2)[nH]c1=O. The zero-order chi connectivity index (χ0) is 34.5. The molecule has 0 aliphatic rings. The molecule has 13 heteroatoms. The number of carboxylic acid groups (broad SMARTS) is 1. The first kappa shape index (κ1) is 34.9. The maximum atomic E-state index is 14.8. The Morgan fingerprint density at radius 2 is 1.54 bits per heavy atom. The minimum Gasteiger partial charge on any atom is -0.480 e. The minimum absolute atomic E-state index is 0.0585. The molecule has 0 radical (unpaired) electrons. The van der Waals surface area contributed by atoms with Crippen LogP contribution < -0.4 is 27.7 Å². The van der Waals surface area contributed by atoms with E-state index in [0.717, 1.165) is 22.3 Å². The minimum atomic E-state index is -1.21. The van der Waals surface area contributed by atoms with E-state index >= 15 is 0 Å². The van der Waals surface area contributed by atoms with Gasteiger partial charge in [0.1, 0.15) is 12.6 Å². The third-order valence-electron chi connectivity index (χ3n) is 7.63. The van der Waals surface area contributed by atoms with Crippen molar-refractivity contribution < 1.29 is 19.5 Å². The van der Waals surface area contributed by atoms with Gasteiger partial charge in [-0.15, -0.1) is 0 Å². The van der Waals surface area contributed by atoms with E-state index in [1.807, 2.05) is 84.9 Å². The van der Waals surface area contributed by atoms with Crippen LogP contribution in [0.1, 0.15) is 46.6 Å². The number of aryl methyl sites for hydroxylation is 1. The number of nitrogens with two attached hydrogens (primary N) is 2. The number of guanidine groups is 1. The highest BCUT2D eigenvalue weighted by Crippen LogP contribution is 2.29. The lowest BCUT2D eigenvalue weighted by Crippen LogP contribution is -2.51. The Kier molecular flexibility index (Phi) is 12.4. The van der Waals surface area contributed by atoms with Gasteiger partial charge in [0.05, 0.1) is 5.92 Å². The molecule has 4 aromatic rings. The number of aromatic amines is 1. The third-order valence-corrected chi connectivity index (χ3v) is 7.63. The molecule has 8 N–H and O–H groups in total. The maximum absolute atomic E-state index is 14.8. The van der Waals surface area contributed by atoms with Crippen LogP contribution in [0.2, 0.25) is 0 Å². The van der Waals surface area contributed by atoms with Crippen LogP contribution in [0.3, 0.4) is 0 Å². The lowest BCUT2D eigenvalue weighted by atomic mass is 9.89. The highest BCUT2D eigenvalue weighted by atomic mass is 16.4. The number of aromatic nitrogens is 2. The van der Waals surface area contributed by atoms with Gasteiger partial charge in [0, 0.05) is 31.4 Å². The Morgan fingerprint density at radius 3 is 2.10 bits per heavy atom. The van der Waals surface area contributed by atoms with Crippen molar-refractivity contribution in [2.24, 2.45) is 16.5 Å². The molecule has 1 atom stereocenters. The standard InChI is InChI=1S/C35H40N8O5/c1-23-19-40-35(42-31(23)46)41-20-24-14-16-25(17-15-24)22-43(28(13-8-18-38-34(36)37)32(47)39-21-29(44)45)33(48)30(26-9-4-2-5-10-26)27-11-6-3-7-12-27/h2-7,9-12,14-17,19,28,30H,8,13,18,20-22H2,1H3,(H,39,47)(H,44,45)(H4,36,37,38)(H2,40,41,42,46)/t28-/m1/s1. The van der Waals surface area contributed by atoms with Gasteiger partial charge in [-0.25, -0.2) is 4.98 Å². The van der Waals surface area contributed by atoms with E-state index in [2.05, 4.69) is 25.6 Å². The molecule has 1 aromatic heterocycles. The number of hydrogen-bond donors (Lipinski definition) is 6. The monoisotopic (exact) mass is 652 g/mol. The van der Waals surface area contributed by atoms with Crippen LogP contribution in [0.4, 0.5) is 5.95 Å². The van der Waals surface area contributed by atoms with Gasteiger partial charge in [-0.2, -0.15) is 0 Å². The van der Waals surface area contributed by atoms with Crippen LogP contribution in [0, 0.1) is 6.92 Å². The molecule has 13 nitrogen and oxygen atoms in total. The van der Waals surface area contributed by atoms with E-state index in [0.29, 0.717) is 24.5 Å². The quantitative estimate of drug-likeness (QED) is 0.0596. The van der Waals surface area contributed by atoms with Crippen molar-refractivity contribution in [1.82, 2.24) is 20.2 Å². The largest absolute Gasteiger partial charge is 0.480 e. The Balaban J connectivity index is 1.68. The first-order chi connectivity index (χ1) is 23.1. The number of benzene rings is 3. The molecule has 0 unspecified atom stereocenters. The summed E-state index contributed by atoms with van der Waals surface area (Å²) in [6.07, 6.45) is 2.02. The first-order valence-electron chi connectivity index (χ1n) is 15.4. The lowest BCUT2D eigenvalue weighted by Gasteiger charge is -2.34. The Morgan fingerprint density at radius 1 is 0.938 bits per heavy atom. The Bertz CT molecular complexity index is 1720. The second-order valence-corrected chi connectivity index (χ2v) is 11.2. The van der Waals surface area contributed by atoms with Crippen LogP contribution in [-0.2, 0) is 27.5 Å². The van der Waals surface area contributed by atoms with Crippen LogP contribution in [-0.4, -0.2) is 62.8 Å². The van der Waals surface area contributed by atoms with Gasteiger partial charge >= 0.3 is 5.97 Å². The molecule has 0 aliphatic heterocycles. The van der Waals surface area contributed by atoms with Gasteiger partial charge in [-0.3, -0.25) is 29.2 Å². The molecule has 0 aliphatic carbocycles. The molecular weight excluding hydrogens is 612 g/mol. The summed E-state index contributed by atoms with van der Waals surface area (Å²) in [7, 11) is 0. The van der Waals surface area contributed by atoms with Crippen molar-refractivity contribution in [1.29, 1.82) is 0 Å². The smallest absolute Gasteiger partial charge is 0.322 e. The number of aliphatic imine (C=N–C) groups is 1. The molecule has 250 valence electrons. The molecular formula is C35H40N8O5. The number of aliphatic carboxylic acids is 1. The highest BCUT2D eigenvalue weighted by Gasteiger charge is 2.35. The number of rotatable bonds is 16. The third kappa shape index (κ3) is 10.0. The van der Waals surface area contributed by atoms with Crippen molar-refractivity contribution in [3.05, 3.63) is 129 Å². The summed E-state index contributed by atoms with van der Waals surface area (Å²) in [5, 5.41) is 14.8. The lowest BCUT2D eigenvalue weighted by molar-refractivity contribution is -0.143. The van der Waals surface area contributed by atoms with Crippen LogP contribution in [0.25, 0.3) is 0 Å². The summed E-state index contributed by atoms with van der Waals surface area (Å²) in [6.45, 7) is 1.73. The Hall–Kier alpha value is -5.98. The molecule has 3 aromatic carbocycles. The van der Waals surface area contributed by atoms with Gasteiger partial charge in [-0.1, -0.05) is 84.9 Å². The van der Waals surface area contributed by atoms with Gasteiger partial charge in [0.15, 0.2) is 5.96 Å². The molecule has 0 fully saturated rings. The normalized spacial score (nSPS) is 11.4. The van der Waals surface area contributed by atoms with Crippen molar-refractivity contribution in [3.63, 3.8) is 0 Å². The number of amides is 2. The van der Waals surface area contributed by atoms with Crippen LogP contribution >= 0.6 is 0 Å². The fraction of sp³-hybridized carbons (Fsp3) is 0.257. The molecule has 0 saturated carbocycles. The van der Waals surface area contributed by atoms with Gasteiger partial charge < -0.3 is 32.1 Å². The van der Waals surface area contributed by atoms with Crippen molar-refractivity contribution >= 4 is 29.7 Å². The van der Waals surface area contributed by atoms with E-state index in [4.69, 9.17) is 11.5 Å². The predicted octanol–water partition coefficient (Wildman–Crippen LogP) is 2.47. The van der Waals surface area contributed by atoms with Gasteiger partial charge in [0.25, 0.3) is 5.56 Å². The number of anilines is 1. The molecule has 0 saturated heterocycles. The molecule has 0 spiro atoms. The van der Waals surface area contributed by atoms with Gasteiger partial charge in [-0.05, 0) is 42.0 Å². The second-order valence-electron chi connectivity index (χ2n) is 11.2. The van der Waals surface area contributed by atoms with E-state index in [1.165, 1.54) is 11.1 Å². The van der Waals surface area contributed by atoms with Crippen molar-refractivity contribution in [2.45, 2.75) is 44.8 Å². The fourth-order valence-corrected chi connectivity index (χ4v) is 5.17. The van der Waals surface area contributed by atoms with Crippen molar-refractivity contribution in [2.75, 3.05) is 18.4 Å². The number of nitrogens with one attached hydrogen (secondary N) is 3. The fourth-order valence-electron chi connectivity index (χ4n) is 5.17. The average Bonchev–Trinajstić information content (AvgIpc) is 3.08. The van der Waals surface area contributed by atoms with Crippen molar-refractivity contribution in [3.8, 4) is 0 Å². The van der Waals surface area contributed by atoms with Crippen LogP contribution in [0.5, 0.6) is 0 Å². The summed E-state index contributed by atoms with van der Waals surface area (Å²) >= 11 is 0. The Labute approximate surface area is 278 Å². The molecule has 4 rings (SSSR count). The number of nitrogens with zero attached hydrogens (tertiary/aromatic N) is 3. The number of carboxylic acids is 1. The number of carbonyl (C=O) groups excluding carboxylic acids is 2. The maximum Gasteiger partial charge on any atom is 0.322 e. The number of carbonyl (C=O) groups is 3. The molecule has 0 bridgehead atoms. The van der Waals surface area contributed by atoms with E-state index in [1.54, 1.807) is 6.92 Å². The average molecular weight is 653 g/mol. The predicted molar refractivity (Wildman–Crippen MR) is 183 cm³/mol. The van der Waals surface area contributed by atoms with Gasteiger partial charge in [0.2, 0.25) is 17.8 Å². The van der Waals surface area contributed by atoms with E-state index < -0.39 is 30.4 Å². The zero-order valence-corrected chi connectivity index (χ0v) is 26.6. The topological polar surface area (TPSA) is 209 Å². The number of hydrogen-bond acceptors (Lipinski definition) is 7. The number of H-pyrrole nitrogens is 1.